The van der Waals surface area contributed by atoms with Crippen molar-refractivity contribution in [1.82, 2.24) is 9.80 Å². The zero-order valence-electron chi connectivity index (χ0n) is 12.5. The fraction of sp³-hybridized carbons (Fsp3) is 0.529. The number of nitrogens with zero attached hydrogens (tertiary/aromatic N) is 2. The van der Waals surface area contributed by atoms with Gasteiger partial charge in [0.15, 0.2) is 5.78 Å². The number of rotatable bonds is 4. The Hall–Kier alpha value is -1.68. The summed E-state index contributed by atoms with van der Waals surface area (Å²) < 4.78 is 0. The van der Waals surface area contributed by atoms with Crippen LogP contribution < -0.4 is 0 Å². The molecule has 2 aliphatic rings. The van der Waals surface area contributed by atoms with Crippen molar-refractivity contribution in [2.45, 2.75) is 38.3 Å². The topological polar surface area (TPSA) is 40.6 Å². The molecule has 1 amide bonds. The van der Waals surface area contributed by atoms with E-state index in [1.54, 1.807) is 0 Å². The summed E-state index contributed by atoms with van der Waals surface area (Å²) in [7, 11) is 0. The maximum absolute atomic E-state index is 12.7. The number of ketones is 1. The molecule has 0 saturated carbocycles. The summed E-state index contributed by atoms with van der Waals surface area (Å²) in [6, 6.07) is 9.77. The van der Waals surface area contributed by atoms with Crippen LogP contribution in [0, 0.1) is 0 Å². The van der Waals surface area contributed by atoms with E-state index < -0.39 is 0 Å². The van der Waals surface area contributed by atoms with Gasteiger partial charge in [-0.1, -0.05) is 37.3 Å². The molecule has 1 aromatic rings. The molecule has 4 heteroatoms. The highest BCUT2D eigenvalue weighted by molar-refractivity contribution is 6.00. The highest BCUT2D eigenvalue weighted by atomic mass is 16.2. The second-order valence-corrected chi connectivity index (χ2v) is 5.93. The molecule has 2 saturated heterocycles. The van der Waals surface area contributed by atoms with Crippen LogP contribution in [0.4, 0.5) is 0 Å². The van der Waals surface area contributed by atoms with E-state index in [1.165, 1.54) is 0 Å². The number of piperazine rings is 1. The van der Waals surface area contributed by atoms with Gasteiger partial charge in [-0.25, -0.2) is 0 Å². The molecule has 3 rings (SSSR count). The zero-order chi connectivity index (χ0) is 14.8. The highest BCUT2D eigenvalue weighted by Crippen LogP contribution is 2.25. The fourth-order valence-electron chi connectivity index (χ4n) is 3.58. The second kappa shape index (κ2) is 5.98. The molecule has 0 bridgehead atoms. The molecular formula is C17H22N2O2. The van der Waals surface area contributed by atoms with Gasteiger partial charge in [0.2, 0.25) is 5.91 Å². The summed E-state index contributed by atoms with van der Waals surface area (Å²) >= 11 is 0. The molecule has 2 fully saturated rings. The van der Waals surface area contributed by atoms with Crippen LogP contribution in [0.3, 0.4) is 0 Å². The first-order valence-corrected chi connectivity index (χ1v) is 7.83. The lowest BCUT2D eigenvalue weighted by Crippen LogP contribution is -2.56. The molecule has 4 nitrogen and oxygen atoms in total. The van der Waals surface area contributed by atoms with Crippen molar-refractivity contribution < 1.29 is 9.59 Å². The van der Waals surface area contributed by atoms with E-state index in [0.29, 0.717) is 12.5 Å². The highest BCUT2D eigenvalue weighted by Gasteiger charge is 2.38. The summed E-state index contributed by atoms with van der Waals surface area (Å²) in [5, 5.41) is 0. The van der Waals surface area contributed by atoms with E-state index >= 15 is 0 Å². The van der Waals surface area contributed by atoms with Gasteiger partial charge in [-0.2, -0.15) is 0 Å². The van der Waals surface area contributed by atoms with Gasteiger partial charge in [-0.05, 0) is 12.8 Å². The SMILES string of the molecule is CCC(C(=O)c1ccccc1)N1CCN2C(=O)CCC2C1. The van der Waals surface area contributed by atoms with E-state index in [9.17, 15) is 9.59 Å². The maximum Gasteiger partial charge on any atom is 0.222 e. The maximum atomic E-state index is 12.7. The van der Waals surface area contributed by atoms with Crippen LogP contribution >= 0.6 is 0 Å². The molecule has 0 N–H and O–H groups in total. The Morgan fingerprint density at radius 3 is 2.76 bits per heavy atom. The molecule has 0 aromatic heterocycles. The third kappa shape index (κ3) is 2.72. The Bertz CT molecular complexity index is 529. The lowest BCUT2D eigenvalue weighted by atomic mass is 9.99. The third-order valence-corrected chi connectivity index (χ3v) is 4.71. The number of Topliss-reactive ketones (excluding diaryl/α,β-unsaturated/α-hetero) is 1. The lowest BCUT2D eigenvalue weighted by Gasteiger charge is -2.40. The van der Waals surface area contributed by atoms with E-state index in [4.69, 9.17) is 0 Å². The molecular weight excluding hydrogens is 264 g/mol. The molecule has 1 aromatic carbocycles. The predicted octanol–water partition coefficient (Wildman–Crippen LogP) is 1.95. The Balaban J connectivity index is 1.72. The Morgan fingerprint density at radius 1 is 1.29 bits per heavy atom. The minimum Gasteiger partial charge on any atom is -0.337 e. The van der Waals surface area contributed by atoms with Gasteiger partial charge < -0.3 is 4.90 Å². The van der Waals surface area contributed by atoms with Crippen molar-refractivity contribution in [3.8, 4) is 0 Å². The number of carbonyl (C=O) groups excluding carboxylic acids is 2. The van der Waals surface area contributed by atoms with Crippen molar-refractivity contribution in [2.75, 3.05) is 19.6 Å². The van der Waals surface area contributed by atoms with Crippen molar-refractivity contribution in [1.29, 1.82) is 0 Å². The Kier molecular flexibility index (Phi) is 4.06. The van der Waals surface area contributed by atoms with Crippen LogP contribution in [0.5, 0.6) is 0 Å². The van der Waals surface area contributed by atoms with E-state index in [-0.39, 0.29) is 17.7 Å². The van der Waals surface area contributed by atoms with Gasteiger partial charge in [0.25, 0.3) is 0 Å². The second-order valence-electron chi connectivity index (χ2n) is 5.93. The number of hydrogen-bond acceptors (Lipinski definition) is 3. The molecule has 2 aliphatic heterocycles. The first kappa shape index (κ1) is 14.3. The standard InChI is InChI=1S/C17H22N2O2/c1-2-15(17(21)13-6-4-3-5-7-13)18-10-11-19-14(12-18)8-9-16(19)20/h3-7,14-15H,2,8-12H2,1H3. The molecule has 0 aliphatic carbocycles. The first-order chi connectivity index (χ1) is 10.2. The normalized spacial score (nSPS) is 24.0. The smallest absolute Gasteiger partial charge is 0.222 e. The summed E-state index contributed by atoms with van der Waals surface area (Å²) in [4.78, 5) is 28.7. The largest absolute Gasteiger partial charge is 0.337 e. The zero-order valence-corrected chi connectivity index (χ0v) is 12.5. The molecule has 112 valence electrons. The summed E-state index contributed by atoms with van der Waals surface area (Å²) in [6.07, 6.45) is 2.42. The van der Waals surface area contributed by atoms with Crippen molar-refractivity contribution in [3.05, 3.63) is 35.9 Å². The third-order valence-electron chi connectivity index (χ3n) is 4.71. The Labute approximate surface area is 125 Å². The number of carbonyl (C=O) groups is 2. The van der Waals surface area contributed by atoms with Gasteiger partial charge in [0, 0.05) is 37.7 Å². The van der Waals surface area contributed by atoms with Gasteiger partial charge >= 0.3 is 0 Å². The van der Waals surface area contributed by atoms with Gasteiger partial charge in [0.1, 0.15) is 0 Å². The van der Waals surface area contributed by atoms with Gasteiger partial charge in [0.05, 0.1) is 6.04 Å². The van der Waals surface area contributed by atoms with Crippen molar-refractivity contribution >= 4 is 11.7 Å². The molecule has 2 unspecified atom stereocenters. The number of amides is 1. The van der Waals surface area contributed by atoms with E-state index in [0.717, 1.165) is 38.0 Å². The quantitative estimate of drug-likeness (QED) is 0.794. The lowest BCUT2D eigenvalue weighted by molar-refractivity contribution is -0.130. The van der Waals surface area contributed by atoms with Crippen LogP contribution in [-0.2, 0) is 4.79 Å². The summed E-state index contributed by atoms with van der Waals surface area (Å²) in [6.45, 7) is 4.47. The number of hydrogen-bond donors (Lipinski definition) is 0. The first-order valence-electron chi connectivity index (χ1n) is 7.83. The van der Waals surface area contributed by atoms with Crippen molar-refractivity contribution in [3.63, 3.8) is 0 Å². The summed E-state index contributed by atoms with van der Waals surface area (Å²) in [5.41, 5.74) is 0.786. The fourth-order valence-corrected chi connectivity index (χ4v) is 3.58. The Morgan fingerprint density at radius 2 is 2.05 bits per heavy atom. The van der Waals surface area contributed by atoms with E-state index in [2.05, 4.69) is 11.8 Å². The molecule has 2 heterocycles. The predicted molar refractivity (Wildman–Crippen MR) is 81.2 cm³/mol. The van der Waals surface area contributed by atoms with Crippen LogP contribution in [0.25, 0.3) is 0 Å². The number of fused-ring (bicyclic) bond motifs is 1. The average Bonchev–Trinajstić information content (AvgIpc) is 2.90. The van der Waals surface area contributed by atoms with Crippen LogP contribution in [0.2, 0.25) is 0 Å². The van der Waals surface area contributed by atoms with Crippen LogP contribution in [0.1, 0.15) is 36.5 Å². The molecule has 21 heavy (non-hydrogen) atoms. The van der Waals surface area contributed by atoms with Gasteiger partial charge in [-0.15, -0.1) is 0 Å². The summed E-state index contributed by atoms with van der Waals surface area (Å²) in [5.74, 6) is 0.484. The van der Waals surface area contributed by atoms with Crippen LogP contribution in [-0.4, -0.2) is 53.2 Å². The number of benzene rings is 1. The van der Waals surface area contributed by atoms with Crippen molar-refractivity contribution in [2.24, 2.45) is 0 Å². The van der Waals surface area contributed by atoms with Gasteiger partial charge in [-0.3, -0.25) is 14.5 Å². The molecule has 0 radical (unpaired) electrons. The minimum atomic E-state index is -0.0646. The minimum absolute atomic E-state index is 0.0646. The molecule has 0 spiro atoms. The van der Waals surface area contributed by atoms with Crippen LogP contribution in [0.15, 0.2) is 30.3 Å². The van der Waals surface area contributed by atoms with E-state index in [1.807, 2.05) is 35.2 Å². The monoisotopic (exact) mass is 286 g/mol. The molecule has 2 atom stereocenters. The average molecular weight is 286 g/mol.